The van der Waals surface area contributed by atoms with Gasteiger partial charge in [-0.05, 0) is 19.1 Å². The number of aromatic hydroxyl groups is 2. The van der Waals surface area contributed by atoms with E-state index in [1.165, 1.54) is 6.07 Å². The van der Waals surface area contributed by atoms with Crippen LogP contribution in [0.3, 0.4) is 0 Å². The van der Waals surface area contributed by atoms with E-state index < -0.39 is 0 Å². The van der Waals surface area contributed by atoms with Crippen molar-refractivity contribution >= 4 is 5.90 Å². The normalized spacial score (nSPS) is 20.4. The zero-order valence-corrected chi connectivity index (χ0v) is 7.77. The topological polar surface area (TPSA) is 62.1 Å². The Morgan fingerprint density at radius 2 is 2.21 bits per heavy atom. The molecule has 0 fully saturated rings. The van der Waals surface area contributed by atoms with Gasteiger partial charge in [0.05, 0.1) is 12.1 Å². The zero-order valence-electron chi connectivity index (χ0n) is 7.77. The SMILES string of the molecule is CC1CN=C(c2cccc(O)c2O)O1. The summed E-state index contributed by atoms with van der Waals surface area (Å²) in [5.74, 6) is 0.0552. The van der Waals surface area contributed by atoms with Crippen LogP contribution in [0.5, 0.6) is 11.5 Å². The van der Waals surface area contributed by atoms with E-state index in [9.17, 15) is 10.2 Å². The van der Waals surface area contributed by atoms with Crippen molar-refractivity contribution in [3.8, 4) is 11.5 Å². The predicted molar refractivity (Wildman–Crippen MR) is 51.7 cm³/mol. The molecule has 2 rings (SSSR count). The first-order valence-electron chi connectivity index (χ1n) is 4.41. The van der Waals surface area contributed by atoms with E-state index >= 15 is 0 Å². The molecule has 1 aromatic carbocycles. The Kier molecular flexibility index (Phi) is 2.04. The van der Waals surface area contributed by atoms with Crippen LogP contribution in [0.1, 0.15) is 12.5 Å². The molecule has 14 heavy (non-hydrogen) atoms. The summed E-state index contributed by atoms with van der Waals surface area (Å²) in [5, 5.41) is 18.8. The Morgan fingerprint density at radius 3 is 2.86 bits per heavy atom. The fraction of sp³-hybridized carbons (Fsp3) is 0.300. The van der Waals surface area contributed by atoms with Gasteiger partial charge in [0.2, 0.25) is 5.90 Å². The minimum atomic E-state index is -0.180. The van der Waals surface area contributed by atoms with Gasteiger partial charge in [-0.2, -0.15) is 0 Å². The van der Waals surface area contributed by atoms with Gasteiger partial charge in [0.15, 0.2) is 11.5 Å². The summed E-state index contributed by atoms with van der Waals surface area (Å²) in [6.07, 6.45) is 0.0340. The maximum absolute atomic E-state index is 9.53. The monoisotopic (exact) mass is 193 g/mol. The number of hydrogen-bond donors (Lipinski definition) is 2. The van der Waals surface area contributed by atoms with Gasteiger partial charge in [-0.1, -0.05) is 6.07 Å². The number of nitrogens with zero attached hydrogens (tertiary/aromatic N) is 1. The lowest BCUT2D eigenvalue weighted by Gasteiger charge is -2.07. The summed E-state index contributed by atoms with van der Waals surface area (Å²) in [5.41, 5.74) is 0.439. The van der Waals surface area contributed by atoms with Crippen molar-refractivity contribution in [2.75, 3.05) is 6.54 Å². The van der Waals surface area contributed by atoms with E-state index in [1.54, 1.807) is 12.1 Å². The molecule has 0 bridgehead atoms. The number of rotatable bonds is 1. The van der Waals surface area contributed by atoms with Gasteiger partial charge in [-0.15, -0.1) is 0 Å². The van der Waals surface area contributed by atoms with E-state index in [4.69, 9.17) is 4.74 Å². The molecule has 1 heterocycles. The van der Waals surface area contributed by atoms with Crippen molar-refractivity contribution in [3.05, 3.63) is 23.8 Å². The largest absolute Gasteiger partial charge is 0.504 e. The van der Waals surface area contributed by atoms with Crippen LogP contribution in [-0.2, 0) is 4.74 Å². The minimum absolute atomic E-state index is 0.0340. The molecular weight excluding hydrogens is 182 g/mol. The van der Waals surface area contributed by atoms with Gasteiger partial charge >= 0.3 is 0 Å². The lowest BCUT2D eigenvalue weighted by Crippen LogP contribution is -2.08. The van der Waals surface area contributed by atoms with E-state index in [0.717, 1.165) is 0 Å². The fourth-order valence-corrected chi connectivity index (χ4v) is 1.33. The number of benzene rings is 1. The van der Waals surface area contributed by atoms with E-state index in [2.05, 4.69) is 4.99 Å². The summed E-state index contributed by atoms with van der Waals surface area (Å²) in [6, 6.07) is 4.71. The minimum Gasteiger partial charge on any atom is -0.504 e. The first kappa shape index (κ1) is 8.87. The molecule has 2 N–H and O–H groups in total. The molecule has 0 saturated heterocycles. The van der Waals surface area contributed by atoms with Gasteiger partial charge in [0, 0.05) is 0 Å². The van der Waals surface area contributed by atoms with E-state index in [-0.39, 0.29) is 17.6 Å². The molecule has 1 aliphatic heterocycles. The number of hydrogen-bond acceptors (Lipinski definition) is 4. The molecule has 1 atom stereocenters. The molecule has 0 spiro atoms. The highest BCUT2D eigenvalue weighted by Crippen LogP contribution is 2.30. The Balaban J connectivity index is 2.38. The summed E-state index contributed by atoms with van der Waals surface area (Å²) < 4.78 is 5.36. The third-order valence-corrected chi connectivity index (χ3v) is 2.05. The van der Waals surface area contributed by atoms with Crippen molar-refractivity contribution < 1.29 is 14.9 Å². The average molecular weight is 193 g/mol. The highest BCUT2D eigenvalue weighted by molar-refractivity contribution is 5.98. The molecule has 4 nitrogen and oxygen atoms in total. The molecule has 4 heteroatoms. The van der Waals surface area contributed by atoms with Crippen molar-refractivity contribution in [1.29, 1.82) is 0 Å². The Bertz CT molecular complexity index is 387. The Hall–Kier alpha value is -1.71. The highest BCUT2D eigenvalue weighted by Gasteiger charge is 2.20. The first-order valence-corrected chi connectivity index (χ1v) is 4.41. The summed E-state index contributed by atoms with van der Waals surface area (Å²) in [4.78, 5) is 4.11. The maximum atomic E-state index is 9.53. The second-order valence-corrected chi connectivity index (χ2v) is 3.25. The molecule has 0 saturated carbocycles. The summed E-state index contributed by atoms with van der Waals surface area (Å²) >= 11 is 0. The average Bonchev–Trinajstić information content (AvgIpc) is 2.57. The number of phenolic OH excluding ortho intramolecular Hbond substituents is 2. The number of para-hydroxylation sites is 1. The van der Waals surface area contributed by atoms with Gasteiger partial charge in [0.1, 0.15) is 6.10 Å². The molecule has 0 aliphatic carbocycles. The number of phenols is 2. The molecule has 74 valence electrons. The van der Waals surface area contributed by atoms with Crippen LogP contribution < -0.4 is 0 Å². The Morgan fingerprint density at radius 1 is 1.43 bits per heavy atom. The van der Waals surface area contributed by atoms with Crippen LogP contribution in [0.4, 0.5) is 0 Å². The lowest BCUT2D eigenvalue weighted by molar-refractivity contribution is 0.245. The van der Waals surface area contributed by atoms with Crippen LogP contribution in [0.25, 0.3) is 0 Å². The predicted octanol–water partition coefficient (Wildman–Crippen LogP) is 1.26. The lowest BCUT2D eigenvalue weighted by atomic mass is 10.2. The Labute approximate surface area is 81.5 Å². The first-order chi connectivity index (χ1) is 6.68. The van der Waals surface area contributed by atoms with Gasteiger partial charge in [-0.3, -0.25) is 0 Å². The van der Waals surface area contributed by atoms with Crippen molar-refractivity contribution in [2.45, 2.75) is 13.0 Å². The van der Waals surface area contributed by atoms with Crippen LogP contribution in [0, 0.1) is 0 Å². The van der Waals surface area contributed by atoms with Crippen molar-refractivity contribution in [1.82, 2.24) is 0 Å². The third kappa shape index (κ3) is 1.39. The fourth-order valence-electron chi connectivity index (χ4n) is 1.33. The van der Waals surface area contributed by atoms with Gasteiger partial charge in [0.25, 0.3) is 0 Å². The van der Waals surface area contributed by atoms with E-state index in [1.807, 2.05) is 6.92 Å². The van der Waals surface area contributed by atoms with Crippen LogP contribution in [-0.4, -0.2) is 28.8 Å². The zero-order chi connectivity index (χ0) is 10.1. The van der Waals surface area contributed by atoms with Gasteiger partial charge < -0.3 is 14.9 Å². The molecule has 1 aliphatic rings. The third-order valence-electron chi connectivity index (χ3n) is 2.05. The molecular formula is C10H11NO3. The van der Waals surface area contributed by atoms with E-state index in [0.29, 0.717) is 18.0 Å². The molecule has 0 aromatic heterocycles. The van der Waals surface area contributed by atoms with Crippen LogP contribution in [0.2, 0.25) is 0 Å². The maximum Gasteiger partial charge on any atom is 0.220 e. The summed E-state index contributed by atoms with van der Waals surface area (Å²) in [6.45, 7) is 2.49. The second kappa shape index (κ2) is 3.21. The van der Waals surface area contributed by atoms with Gasteiger partial charge in [-0.25, -0.2) is 4.99 Å². The molecule has 1 unspecified atom stereocenters. The summed E-state index contributed by atoms with van der Waals surface area (Å²) in [7, 11) is 0. The van der Waals surface area contributed by atoms with Crippen LogP contribution in [0.15, 0.2) is 23.2 Å². The quantitative estimate of drug-likeness (QED) is 0.660. The van der Waals surface area contributed by atoms with Crippen molar-refractivity contribution in [3.63, 3.8) is 0 Å². The molecule has 0 radical (unpaired) electrons. The smallest absolute Gasteiger partial charge is 0.220 e. The second-order valence-electron chi connectivity index (χ2n) is 3.25. The number of aliphatic imine (C=N–C) groups is 1. The highest BCUT2D eigenvalue weighted by atomic mass is 16.5. The van der Waals surface area contributed by atoms with Crippen molar-refractivity contribution in [2.24, 2.45) is 4.99 Å². The molecule has 0 amide bonds. The molecule has 1 aromatic rings. The standard InChI is InChI=1S/C10H11NO3/c1-6-5-11-10(14-6)7-3-2-4-8(12)9(7)13/h2-4,6,12-13H,5H2,1H3. The number of ether oxygens (including phenoxy) is 1. The van der Waals surface area contributed by atoms with Crippen LogP contribution >= 0.6 is 0 Å².